The van der Waals surface area contributed by atoms with Gasteiger partial charge >= 0.3 is 0 Å². The molecule has 2 aromatic rings. The highest BCUT2D eigenvalue weighted by Crippen LogP contribution is 2.20. The minimum atomic E-state index is -3.82. The van der Waals surface area contributed by atoms with Crippen molar-refractivity contribution in [1.82, 2.24) is 9.62 Å². The van der Waals surface area contributed by atoms with Crippen LogP contribution in [0, 0.1) is 12.7 Å². The summed E-state index contributed by atoms with van der Waals surface area (Å²) in [5, 5.41) is 2.55. The van der Waals surface area contributed by atoms with E-state index >= 15 is 0 Å². The normalized spacial score (nSPS) is 15.1. The molecule has 9 heteroatoms. The standard InChI is InChI=1S/C20H23FN2O5S/c1-15-2-4-16(5-3-15)28-11-8-22-20(24)18-14-17(6-7-19(18)21)29(25,26)23-9-12-27-13-10-23/h2-7,14H,8-13H2,1H3,(H,22,24). The molecule has 156 valence electrons. The Labute approximate surface area is 169 Å². The Bertz CT molecular complexity index is 957. The van der Waals surface area contributed by atoms with Crippen LogP contribution in [0.4, 0.5) is 4.39 Å². The molecule has 0 saturated carbocycles. The molecule has 1 aliphatic rings. The molecule has 0 bridgehead atoms. The number of rotatable bonds is 7. The molecule has 0 unspecified atom stereocenters. The molecule has 0 atom stereocenters. The summed E-state index contributed by atoms with van der Waals surface area (Å²) in [6, 6.07) is 10.7. The average molecular weight is 422 g/mol. The second-order valence-electron chi connectivity index (χ2n) is 6.58. The van der Waals surface area contributed by atoms with Crippen LogP contribution in [-0.4, -0.2) is 58.1 Å². The predicted octanol–water partition coefficient (Wildman–Crippen LogP) is 1.96. The number of aryl methyl sites for hydroxylation is 1. The Morgan fingerprint density at radius 2 is 1.86 bits per heavy atom. The van der Waals surface area contributed by atoms with Gasteiger partial charge in [-0.2, -0.15) is 4.31 Å². The zero-order valence-electron chi connectivity index (χ0n) is 16.1. The molecule has 0 spiro atoms. The Balaban J connectivity index is 1.62. The summed E-state index contributed by atoms with van der Waals surface area (Å²) in [6.07, 6.45) is 0. The predicted molar refractivity (Wildman–Crippen MR) is 105 cm³/mol. The molecule has 0 aromatic heterocycles. The lowest BCUT2D eigenvalue weighted by atomic mass is 10.2. The van der Waals surface area contributed by atoms with Crippen LogP contribution < -0.4 is 10.1 Å². The monoisotopic (exact) mass is 422 g/mol. The fourth-order valence-corrected chi connectivity index (χ4v) is 4.27. The fraction of sp³-hybridized carbons (Fsp3) is 0.350. The molecular formula is C20H23FN2O5S. The molecule has 1 fully saturated rings. The minimum absolute atomic E-state index is 0.123. The number of nitrogens with one attached hydrogen (secondary N) is 1. The number of morpholine rings is 1. The molecule has 0 aliphatic carbocycles. The van der Waals surface area contributed by atoms with E-state index < -0.39 is 21.7 Å². The summed E-state index contributed by atoms with van der Waals surface area (Å²) < 4.78 is 51.5. The van der Waals surface area contributed by atoms with E-state index in [1.807, 2.05) is 31.2 Å². The third kappa shape index (κ3) is 5.31. The minimum Gasteiger partial charge on any atom is -0.492 e. The Morgan fingerprint density at radius 1 is 1.17 bits per heavy atom. The number of hydrogen-bond acceptors (Lipinski definition) is 5. The van der Waals surface area contributed by atoms with E-state index in [-0.39, 0.29) is 36.7 Å². The highest BCUT2D eigenvalue weighted by molar-refractivity contribution is 7.89. The summed E-state index contributed by atoms with van der Waals surface area (Å²) in [4.78, 5) is 12.2. The number of benzene rings is 2. The van der Waals surface area contributed by atoms with Crippen LogP contribution in [-0.2, 0) is 14.8 Å². The lowest BCUT2D eigenvalue weighted by Crippen LogP contribution is -2.40. The third-order valence-electron chi connectivity index (χ3n) is 4.47. The van der Waals surface area contributed by atoms with Crippen molar-refractivity contribution in [3.8, 4) is 5.75 Å². The first-order valence-electron chi connectivity index (χ1n) is 9.23. The first kappa shape index (κ1) is 21.2. The highest BCUT2D eigenvalue weighted by atomic mass is 32.2. The van der Waals surface area contributed by atoms with Gasteiger partial charge in [0.2, 0.25) is 10.0 Å². The Morgan fingerprint density at radius 3 is 2.55 bits per heavy atom. The lowest BCUT2D eigenvalue weighted by Gasteiger charge is -2.26. The summed E-state index contributed by atoms with van der Waals surface area (Å²) in [7, 11) is -3.82. The number of carbonyl (C=O) groups is 1. The van der Waals surface area contributed by atoms with Crippen LogP contribution >= 0.6 is 0 Å². The summed E-state index contributed by atoms with van der Waals surface area (Å²) in [6.45, 7) is 3.35. The van der Waals surface area contributed by atoms with Gasteiger partial charge < -0.3 is 14.8 Å². The SMILES string of the molecule is Cc1ccc(OCCNC(=O)c2cc(S(=O)(=O)N3CCOCC3)ccc2F)cc1. The maximum Gasteiger partial charge on any atom is 0.254 e. The first-order chi connectivity index (χ1) is 13.9. The van der Waals surface area contributed by atoms with Gasteiger partial charge in [-0.15, -0.1) is 0 Å². The van der Waals surface area contributed by atoms with Gasteiger partial charge in [0.05, 0.1) is 30.2 Å². The quantitative estimate of drug-likeness (QED) is 0.690. The summed E-state index contributed by atoms with van der Waals surface area (Å²) >= 11 is 0. The largest absolute Gasteiger partial charge is 0.492 e. The maximum atomic E-state index is 14.1. The van der Waals surface area contributed by atoms with Crippen molar-refractivity contribution in [3.63, 3.8) is 0 Å². The molecule has 2 aromatic carbocycles. The number of sulfonamides is 1. The lowest BCUT2D eigenvalue weighted by molar-refractivity contribution is 0.0730. The third-order valence-corrected chi connectivity index (χ3v) is 6.36. The van der Waals surface area contributed by atoms with Crippen LogP contribution in [0.1, 0.15) is 15.9 Å². The van der Waals surface area contributed by atoms with Crippen LogP contribution in [0.3, 0.4) is 0 Å². The van der Waals surface area contributed by atoms with Gasteiger partial charge in [0.25, 0.3) is 5.91 Å². The van der Waals surface area contributed by atoms with Crippen molar-refractivity contribution in [2.24, 2.45) is 0 Å². The number of hydrogen-bond donors (Lipinski definition) is 1. The van der Waals surface area contributed by atoms with Crippen molar-refractivity contribution >= 4 is 15.9 Å². The molecule has 29 heavy (non-hydrogen) atoms. The van der Waals surface area contributed by atoms with Crippen molar-refractivity contribution in [1.29, 1.82) is 0 Å². The van der Waals surface area contributed by atoms with Crippen LogP contribution in [0.2, 0.25) is 0 Å². The van der Waals surface area contributed by atoms with Gasteiger partial charge in [-0.1, -0.05) is 17.7 Å². The van der Waals surface area contributed by atoms with Crippen LogP contribution in [0.25, 0.3) is 0 Å². The topological polar surface area (TPSA) is 84.9 Å². The van der Waals surface area contributed by atoms with Gasteiger partial charge in [-0.3, -0.25) is 4.79 Å². The zero-order chi connectivity index (χ0) is 20.9. The Kier molecular flexibility index (Phi) is 6.83. The van der Waals surface area contributed by atoms with Crippen molar-refractivity contribution in [2.45, 2.75) is 11.8 Å². The van der Waals surface area contributed by atoms with E-state index in [0.717, 1.165) is 23.8 Å². The summed E-state index contributed by atoms with van der Waals surface area (Å²) in [5.41, 5.74) is 0.780. The van der Waals surface area contributed by atoms with Gasteiger partial charge in [0.1, 0.15) is 18.2 Å². The molecule has 1 N–H and O–H groups in total. The Hall–Kier alpha value is -2.49. The first-order valence-corrected chi connectivity index (χ1v) is 10.7. The molecule has 3 rings (SSSR count). The molecule has 1 saturated heterocycles. The van der Waals surface area contributed by atoms with E-state index in [9.17, 15) is 17.6 Å². The number of nitrogens with zero attached hydrogens (tertiary/aromatic N) is 1. The number of ether oxygens (including phenoxy) is 2. The molecule has 1 amide bonds. The average Bonchev–Trinajstić information content (AvgIpc) is 2.73. The number of halogens is 1. The van der Waals surface area contributed by atoms with Gasteiger partial charge in [0, 0.05) is 13.1 Å². The van der Waals surface area contributed by atoms with Crippen molar-refractivity contribution in [2.75, 3.05) is 39.5 Å². The van der Waals surface area contributed by atoms with E-state index in [2.05, 4.69) is 5.32 Å². The molecular weight excluding hydrogens is 399 g/mol. The van der Waals surface area contributed by atoms with Gasteiger partial charge in [-0.25, -0.2) is 12.8 Å². The van der Waals surface area contributed by atoms with Gasteiger partial charge in [-0.05, 0) is 37.3 Å². The fourth-order valence-electron chi connectivity index (χ4n) is 2.84. The smallest absolute Gasteiger partial charge is 0.254 e. The van der Waals surface area contributed by atoms with E-state index in [0.29, 0.717) is 19.0 Å². The van der Waals surface area contributed by atoms with Crippen LogP contribution in [0.5, 0.6) is 5.75 Å². The van der Waals surface area contributed by atoms with Crippen molar-refractivity contribution < 1.29 is 27.1 Å². The molecule has 0 radical (unpaired) electrons. The summed E-state index contributed by atoms with van der Waals surface area (Å²) in [5.74, 6) is -0.827. The highest BCUT2D eigenvalue weighted by Gasteiger charge is 2.27. The van der Waals surface area contributed by atoms with E-state index in [1.54, 1.807) is 0 Å². The molecule has 1 heterocycles. The molecule has 7 nitrogen and oxygen atoms in total. The number of amides is 1. The second kappa shape index (κ2) is 9.34. The van der Waals surface area contributed by atoms with Crippen LogP contribution in [0.15, 0.2) is 47.4 Å². The van der Waals surface area contributed by atoms with Crippen molar-refractivity contribution in [3.05, 3.63) is 59.4 Å². The second-order valence-corrected chi connectivity index (χ2v) is 8.51. The number of carbonyl (C=O) groups excluding carboxylic acids is 1. The zero-order valence-corrected chi connectivity index (χ0v) is 16.9. The van der Waals surface area contributed by atoms with Gasteiger partial charge in [0.15, 0.2) is 0 Å². The van der Waals surface area contributed by atoms with E-state index in [1.165, 1.54) is 4.31 Å². The maximum absolute atomic E-state index is 14.1. The van der Waals surface area contributed by atoms with E-state index in [4.69, 9.17) is 9.47 Å². The molecule has 1 aliphatic heterocycles.